The van der Waals surface area contributed by atoms with Crippen LogP contribution in [-0.4, -0.2) is 54.2 Å². The third-order valence-corrected chi connectivity index (χ3v) is 4.27. The van der Waals surface area contributed by atoms with Crippen molar-refractivity contribution in [2.24, 2.45) is 0 Å². The summed E-state index contributed by atoms with van der Waals surface area (Å²) in [5, 5.41) is 2.74. The van der Waals surface area contributed by atoms with Crippen LogP contribution < -0.4 is 5.32 Å². The van der Waals surface area contributed by atoms with Gasteiger partial charge in [-0.3, -0.25) is 9.69 Å². The molecule has 1 N–H and O–H groups in total. The number of ether oxygens (including phenoxy) is 2. The van der Waals surface area contributed by atoms with E-state index < -0.39 is 29.7 Å². The van der Waals surface area contributed by atoms with Crippen LogP contribution in [0.3, 0.4) is 0 Å². The summed E-state index contributed by atoms with van der Waals surface area (Å²) in [6.07, 6.45) is 1.04. The zero-order valence-electron chi connectivity index (χ0n) is 16.4. The molecule has 1 aliphatic heterocycles. The molecule has 1 aromatic carbocycles. The highest BCUT2D eigenvalue weighted by atomic mass is 16.6. The lowest BCUT2D eigenvalue weighted by molar-refractivity contribution is -0.145. The standard InChI is InChI=1S/C20H28N2O5/c1-20(2,3)27-19(25)22-12-8-11-16(22)17(23)21-15(18(24)26-4)13-14-9-6-5-7-10-14/h5-7,9-10,15-16H,8,11-13H2,1-4H3,(H,21,23)/t15-,16-/m0/s1. The molecule has 0 radical (unpaired) electrons. The molecule has 0 saturated carbocycles. The molecule has 0 spiro atoms. The number of benzene rings is 1. The first-order chi connectivity index (χ1) is 12.7. The van der Waals surface area contributed by atoms with Gasteiger partial charge >= 0.3 is 12.1 Å². The predicted octanol–water partition coefficient (Wildman–Crippen LogP) is 2.29. The number of rotatable bonds is 5. The van der Waals surface area contributed by atoms with Gasteiger partial charge in [-0.25, -0.2) is 9.59 Å². The van der Waals surface area contributed by atoms with Gasteiger partial charge in [0, 0.05) is 13.0 Å². The normalized spacial score (nSPS) is 17.9. The number of likely N-dealkylation sites (tertiary alicyclic amines) is 1. The number of hydrogen-bond donors (Lipinski definition) is 1. The maximum Gasteiger partial charge on any atom is 0.410 e. The summed E-state index contributed by atoms with van der Waals surface area (Å²) in [7, 11) is 1.29. The zero-order valence-corrected chi connectivity index (χ0v) is 16.4. The van der Waals surface area contributed by atoms with E-state index in [9.17, 15) is 14.4 Å². The molecule has 1 aliphatic rings. The van der Waals surface area contributed by atoms with Gasteiger partial charge in [-0.15, -0.1) is 0 Å². The lowest BCUT2D eigenvalue weighted by atomic mass is 10.1. The Balaban J connectivity index is 2.06. The maximum absolute atomic E-state index is 12.8. The lowest BCUT2D eigenvalue weighted by Gasteiger charge is -2.28. The molecule has 1 heterocycles. The van der Waals surface area contributed by atoms with E-state index in [-0.39, 0.29) is 5.91 Å². The molecular formula is C20H28N2O5. The molecule has 0 aromatic heterocycles. The molecule has 0 bridgehead atoms. The third kappa shape index (κ3) is 5.98. The smallest absolute Gasteiger partial charge is 0.410 e. The van der Waals surface area contributed by atoms with Crippen LogP contribution in [0.2, 0.25) is 0 Å². The first-order valence-corrected chi connectivity index (χ1v) is 9.13. The molecule has 2 rings (SSSR count). The van der Waals surface area contributed by atoms with Crippen LogP contribution in [0.15, 0.2) is 30.3 Å². The van der Waals surface area contributed by atoms with E-state index in [0.717, 1.165) is 5.56 Å². The van der Waals surface area contributed by atoms with E-state index in [1.165, 1.54) is 12.0 Å². The van der Waals surface area contributed by atoms with Gasteiger partial charge in [-0.05, 0) is 39.2 Å². The quantitative estimate of drug-likeness (QED) is 0.797. The number of esters is 1. The first-order valence-electron chi connectivity index (χ1n) is 9.13. The van der Waals surface area contributed by atoms with Gasteiger partial charge in [0.15, 0.2) is 0 Å². The summed E-state index contributed by atoms with van der Waals surface area (Å²) < 4.78 is 10.2. The van der Waals surface area contributed by atoms with Crippen molar-refractivity contribution in [3.8, 4) is 0 Å². The number of nitrogens with one attached hydrogen (secondary N) is 1. The number of amides is 2. The number of hydrogen-bond acceptors (Lipinski definition) is 5. The second kappa shape index (κ2) is 8.88. The van der Waals surface area contributed by atoms with Gasteiger partial charge in [0.25, 0.3) is 0 Å². The fraction of sp³-hybridized carbons (Fsp3) is 0.550. The third-order valence-electron chi connectivity index (χ3n) is 4.27. The molecule has 7 nitrogen and oxygen atoms in total. The Hall–Kier alpha value is -2.57. The number of carbonyl (C=O) groups excluding carboxylic acids is 3. The van der Waals surface area contributed by atoms with Crippen molar-refractivity contribution in [3.63, 3.8) is 0 Å². The SMILES string of the molecule is COC(=O)[C@H](Cc1ccccc1)NC(=O)[C@@H]1CCCN1C(=O)OC(C)(C)C. The number of nitrogens with zero attached hydrogens (tertiary/aromatic N) is 1. The van der Waals surface area contributed by atoms with Gasteiger partial charge in [0.1, 0.15) is 17.7 Å². The summed E-state index contributed by atoms with van der Waals surface area (Å²) in [5.74, 6) is -0.890. The van der Waals surface area contributed by atoms with Crippen molar-refractivity contribution in [1.29, 1.82) is 0 Å². The fourth-order valence-corrected chi connectivity index (χ4v) is 3.03. The minimum atomic E-state index is -0.814. The minimum Gasteiger partial charge on any atom is -0.467 e. The van der Waals surface area contributed by atoms with Crippen LogP contribution in [-0.2, 0) is 25.5 Å². The second-order valence-electron chi connectivity index (χ2n) is 7.61. The summed E-state index contributed by atoms with van der Waals surface area (Å²) in [6.45, 7) is 5.80. The van der Waals surface area contributed by atoms with Crippen molar-refractivity contribution >= 4 is 18.0 Å². The molecular weight excluding hydrogens is 348 g/mol. The van der Waals surface area contributed by atoms with E-state index in [0.29, 0.717) is 25.8 Å². The number of carbonyl (C=O) groups is 3. The van der Waals surface area contributed by atoms with E-state index in [1.807, 2.05) is 30.3 Å². The Morgan fingerprint density at radius 1 is 1.22 bits per heavy atom. The molecule has 148 valence electrons. The van der Waals surface area contributed by atoms with Crippen molar-refractivity contribution in [2.75, 3.05) is 13.7 Å². The fourth-order valence-electron chi connectivity index (χ4n) is 3.03. The second-order valence-corrected chi connectivity index (χ2v) is 7.61. The van der Waals surface area contributed by atoms with Crippen molar-refractivity contribution in [3.05, 3.63) is 35.9 Å². The average molecular weight is 376 g/mol. The maximum atomic E-state index is 12.8. The van der Waals surface area contributed by atoms with E-state index in [4.69, 9.17) is 9.47 Å². The van der Waals surface area contributed by atoms with E-state index in [2.05, 4.69) is 5.32 Å². The largest absolute Gasteiger partial charge is 0.467 e. The van der Waals surface area contributed by atoms with Gasteiger partial charge in [0.2, 0.25) is 5.91 Å². The molecule has 0 unspecified atom stereocenters. The summed E-state index contributed by atoms with van der Waals surface area (Å²) >= 11 is 0. The highest BCUT2D eigenvalue weighted by Crippen LogP contribution is 2.21. The lowest BCUT2D eigenvalue weighted by Crippen LogP contribution is -2.52. The van der Waals surface area contributed by atoms with Crippen molar-refractivity contribution in [1.82, 2.24) is 10.2 Å². The Morgan fingerprint density at radius 3 is 2.48 bits per heavy atom. The van der Waals surface area contributed by atoms with Gasteiger partial charge < -0.3 is 14.8 Å². The minimum absolute atomic E-state index is 0.318. The highest BCUT2D eigenvalue weighted by Gasteiger charge is 2.38. The zero-order chi connectivity index (χ0) is 20.0. The average Bonchev–Trinajstić information content (AvgIpc) is 3.10. The molecule has 27 heavy (non-hydrogen) atoms. The highest BCUT2D eigenvalue weighted by molar-refractivity contribution is 5.90. The van der Waals surface area contributed by atoms with Gasteiger partial charge in [-0.2, -0.15) is 0 Å². The Bertz CT molecular complexity index is 669. The molecule has 1 fully saturated rings. The van der Waals surface area contributed by atoms with Crippen molar-refractivity contribution in [2.45, 2.75) is 57.7 Å². The first kappa shape index (κ1) is 20.7. The number of methoxy groups -OCH3 is 1. The van der Waals surface area contributed by atoms with Crippen LogP contribution in [0.25, 0.3) is 0 Å². The van der Waals surface area contributed by atoms with E-state index in [1.54, 1.807) is 20.8 Å². The molecule has 1 aromatic rings. The topological polar surface area (TPSA) is 84.9 Å². The van der Waals surface area contributed by atoms with Crippen LogP contribution in [0, 0.1) is 0 Å². The molecule has 2 atom stereocenters. The van der Waals surface area contributed by atoms with Crippen LogP contribution in [0.1, 0.15) is 39.2 Å². The van der Waals surface area contributed by atoms with Crippen LogP contribution in [0.5, 0.6) is 0 Å². The molecule has 2 amide bonds. The van der Waals surface area contributed by atoms with Crippen LogP contribution >= 0.6 is 0 Å². The Labute approximate surface area is 160 Å². The summed E-state index contributed by atoms with van der Waals surface area (Å²) in [4.78, 5) is 38.7. The monoisotopic (exact) mass is 376 g/mol. The summed E-state index contributed by atoms with van der Waals surface area (Å²) in [5.41, 5.74) is 0.270. The molecule has 1 saturated heterocycles. The van der Waals surface area contributed by atoms with Gasteiger partial charge in [0.05, 0.1) is 7.11 Å². The van der Waals surface area contributed by atoms with E-state index >= 15 is 0 Å². The Kier molecular flexibility index (Phi) is 6.82. The van der Waals surface area contributed by atoms with Gasteiger partial charge in [-0.1, -0.05) is 30.3 Å². The predicted molar refractivity (Wildman–Crippen MR) is 100 cm³/mol. The summed E-state index contributed by atoms with van der Waals surface area (Å²) in [6, 6.07) is 7.91. The molecule has 7 heteroatoms. The van der Waals surface area contributed by atoms with Crippen LogP contribution in [0.4, 0.5) is 4.79 Å². The Morgan fingerprint density at radius 2 is 1.89 bits per heavy atom. The van der Waals surface area contributed by atoms with Crippen molar-refractivity contribution < 1.29 is 23.9 Å². The molecule has 0 aliphatic carbocycles.